The van der Waals surface area contributed by atoms with Gasteiger partial charge in [-0.15, -0.1) is 35.0 Å². The number of hydrogen-bond acceptors (Lipinski definition) is 1. The van der Waals surface area contributed by atoms with Crippen LogP contribution in [0.3, 0.4) is 0 Å². The van der Waals surface area contributed by atoms with Crippen LogP contribution in [0.1, 0.15) is 0 Å². The van der Waals surface area contributed by atoms with Gasteiger partial charge < -0.3 is 4.90 Å². The van der Waals surface area contributed by atoms with Crippen LogP contribution in [-0.2, 0) is 0 Å². The Bertz CT molecular complexity index is 390. The Kier molecular flexibility index (Phi) is 3.14. The zero-order chi connectivity index (χ0) is 8.55. The Hall–Kier alpha value is -0.773. The molecule has 0 spiro atoms. The van der Waals surface area contributed by atoms with E-state index >= 15 is 0 Å². The summed E-state index contributed by atoms with van der Waals surface area (Å²) >= 11 is 0. The maximum atomic E-state index is 2.16. The van der Waals surface area contributed by atoms with E-state index in [-0.39, 0.29) is 18.9 Å². The molecule has 0 fully saturated rings. The van der Waals surface area contributed by atoms with Crippen LogP contribution < -0.4 is 23.8 Å². The quantitative estimate of drug-likeness (QED) is 0.411. The van der Waals surface area contributed by atoms with E-state index in [1.807, 2.05) is 0 Å². The van der Waals surface area contributed by atoms with Crippen molar-refractivity contribution in [1.29, 1.82) is 0 Å². The molecule has 0 aliphatic carbocycles. The van der Waals surface area contributed by atoms with Crippen molar-refractivity contribution < 1.29 is 18.9 Å². The van der Waals surface area contributed by atoms with Gasteiger partial charge in [0.15, 0.2) is 0 Å². The number of rotatable bonds is 1. The predicted molar refractivity (Wildman–Crippen MR) is 53.9 cm³/mol. The Balaban J connectivity index is 0.000000845. The largest absolute Gasteiger partial charge is 1.00 e. The Morgan fingerprint density at radius 3 is 2.46 bits per heavy atom. The molecule has 2 rings (SSSR count). The van der Waals surface area contributed by atoms with Crippen molar-refractivity contribution >= 4 is 16.5 Å². The summed E-state index contributed by atoms with van der Waals surface area (Å²) in [7, 11) is 4.14. The molecule has 0 bridgehead atoms. The SMILES string of the molecule is CN(C)[c-]1ccc2ccccc21.[Li+]. The van der Waals surface area contributed by atoms with Crippen molar-refractivity contribution in [2.24, 2.45) is 0 Å². The number of hydrogen-bond donors (Lipinski definition) is 0. The van der Waals surface area contributed by atoms with Crippen LogP contribution in [0, 0.1) is 0 Å². The van der Waals surface area contributed by atoms with Crippen molar-refractivity contribution in [2.75, 3.05) is 19.0 Å². The zero-order valence-electron chi connectivity index (χ0n) is 8.41. The van der Waals surface area contributed by atoms with Crippen LogP contribution in [0.5, 0.6) is 0 Å². The van der Waals surface area contributed by atoms with Crippen molar-refractivity contribution in [2.45, 2.75) is 0 Å². The van der Waals surface area contributed by atoms with Gasteiger partial charge in [-0.25, -0.2) is 0 Å². The van der Waals surface area contributed by atoms with E-state index in [4.69, 9.17) is 0 Å². The topological polar surface area (TPSA) is 3.24 Å². The van der Waals surface area contributed by atoms with Gasteiger partial charge in [-0.1, -0.05) is 6.07 Å². The van der Waals surface area contributed by atoms with Gasteiger partial charge in [0.25, 0.3) is 0 Å². The van der Waals surface area contributed by atoms with Gasteiger partial charge in [-0.05, 0) is 19.8 Å². The number of fused-ring (bicyclic) bond motifs is 1. The standard InChI is InChI=1S/C11H12N.Li/c1-12(2)11-8-7-9-5-3-4-6-10(9)11;/h3-8H,1-2H3;/q-1;+1. The summed E-state index contributed by atoms with van der Waals surface area (Å²) in [6.07, 6.45) is 0. The minimum atomic E-state index is 0. The molecule has 0 N–H and O–H groups in total. The first-order valence-corrected chi connectivity index (χ1v) is 4.11. The first-order chi connectivity index (χ1) is 5.79. The second kappa shape index (κ2) is 3.96. The average molecular weight is 165 g/mol. The van der Waals surface area contributed by atoms with Gasteiger partial charge in [0.05, 0.1) is 0 Å². The van der Waals surface area contributed by atoms with E-state index in [1.165, 1.54) is 16.5 Å². The molecule has 1 nitrogen and oxygen atoms in total. The smallest absolute Gasteiger partial charge is 0.416 e. The molecule has 0 aromatic heterocycles. The van der Waals surface area contributed by atoms with Crippen LogP contribution in [0.4, 0.5) is 5.69 Å². The maximum Gasteiger partial charge on any atom is 1.00 e. The molecule has 0 unspecified atom stereocenters. The molecule has 0 heterocycles. The van der Waals surface area contributed by atoms with E-state index < -0.39 is 0 Å². The minimum absolute atomic E-state index is 0. The molecule has 13 heavy (non-hydrogen) atoms. The Labute approximate surface area is 90.9 Å². The number of benzene rings is 1. The van der Waals surface area contributed by atoms with Crippen LogP contribution in [0.25, 0.3) is 10.8 Å². The summed E-state index contributed by atoms with van der Waals surface area (Å²) in [6, 6.07) is 12.8. The van der Waals surface area contributed by atoms with Gasteiger partial charge in [0.2, 0.25) is 0 Å². The van der Waals surface area contributed by atoms with Gasteiger partial charge in [0.1, 0.15) is 0 Å². The van der Waals surface area contributed by atoms with E-state index in [0.29, 0.717) is 0 Å². The summed E-state index contributed by atoms with van der Waals surface area (Å²) < 4.78 is 0. The van der Waals surface area contributed by atoms with Crippen LogP contribution in [-0.4, -0.2) is 14.1 Å². The van der Waals surface area contributed by atoms with E-state index in [9.17, 15) is 0 Å². The molecule has 2 aromatic carbocycles. The Morgan fingerprint density at radius 1 is 1.08 bits per heavy atom. The normalized spacial score (nSPS) is 9.69. The van der Waals surface area contributed by atoms with Crippen LogP contribution in [0.15, 0.2) is 36.4 Å². The fraction of sp³-hybridized carbons (Fsp3) is 0.182. The first kappa shape index (κ1) is 10.3. The van der Waals surface area contributed by atoms with Crippen molar-refractivity contribution in [3.05, 3.63) is 36.4 Å². The summed E-state index contributed by atoms with van der Waals surface area (Å²) in [5.41, 5.74) is 1.30. The first-order valence-electron chi connectivity index (χ1n) is 4.11. The van der Waals surface area contributed by atoms with E-state index in [1.54, 1.807) is 0 Å². The molecule has 2 aromatic rings. The van der Waals surface area contributed by atoms with Crippen molar-refractivity contribution in [1.82, 2.24) is 0 Å². The third-order valence-electron chi connectivity index (χ3n) is 2.14. The molecule has 0 radical (unpaired) electrons. The van der Waals surface area contributed by atoms with Crippen LogP contribution >= 0.6 is 0 Å². The predicted octanol–water partition coefficient (Wildman–Crippen LogP) is -0.371. The summed E-state index contributed by atoms with van der Waals surface area (Å²) in [6.45, 7) is 0. The van der Waals surface area contributed by atoms with Gasteiger partial charge in [-0.3, -0.25) is 0 Å². The third-order valence-corrected chi connectivity index (χ3v) is 2.14. The minimum Gasteiger partial charge on any atom is -0.416 e. The van der Waals surface area contributed by atoms with Gasteiger partial charge >= 0.3 is 18.9 Å². The van der Waals surface area contributed by atoms with Crippen LogP contribution in [0.2, 0.25) is 0 Å². The molecule has 2 heteroatoms. The molecule has 0 amide bonds. The van der Waals surface area contributed by atoms with E-state index in [0.717, 1.165) is 0 Å². The Morgan fingerprint density at radius 2 is 1.77 bits per heavy atom. The zero-order valence-corrected chi connectivity index (χ0v) is 8.41. The monoisotopic (exact) mass is 165 g/mol. The maximum absolute atomic E-state index is 2.16. The number of anilines is 1. The molecule has 62 valence electrons. The molecule has 0 atom stereocenters. The number of nitrogens with zero attached hydrogens (tertiary/aromatic N) is 1. The molecule has 0 saturated heterocycles. The summed E-state index contributed by atoms with van der Waals surface area (Å²) in [4.78, 5) is 2.14. The summed E-state index contributed by atoms with van der Waals surface area (Å²) in [5, 5.41) is 2.66. The van der Waals surface area contributed by atoms with E-state index in [2.05, 4.69) is 55.4 Å². The fourth-order valence-corrected chi connectivity index (χ4v) is 1.52. The average Bonchev–Trinajstić information content (AvgIpc) is 2.47. The summed E-state index contributed by atoms with van der Waals surface area (Å²) in [5.74, 6) is 0. The van der Waals surface area contributed by atoms with Gasteiger partial charge in [0, 0.05) is 0 Å². The van der Waals surface area contributed by atoms with Gasteiger partial charge in [-0.2, -0.15) is 6.07 Å². The van der Waals surface area contributed by atoms with Crippen molar-refractivity contribution in [3.63, 3.8) is 0 Å². The molecule has 0 aliphatic rings. The third kappa shape index (κ3) is 1.77. The second-order valence-electron chi connectivity index (χ2n) is 3.20. The van der Waals surface area contributed by atoms with Crippen molar-refractivity contribution in [3.8, 4) is 0 Å². The molecular weight excluding hydrogens is 153 g/mol. The second-order valence-corrected chi connectivity index (χ2v) is 3.20. The molecular formula is C11H12LiN. The fourth-order valence-electron chi connectivity index (χ4n) is 1.52. The molecule has 0 aliphatic heterocycles. The molecule has 0 saturated carbocycles.